The Morgan fingerprint density at radius 3 is 2.28 bits per heavy atom. The molecule has 4 aliphatic heterocycles. The van der Waals surface area contributed by atoms with E-state index in [0.717, 1.165) is 76.8 Å². The maximum atomic E-state index is 13.7. The van der Waals surface area contributed by atoms with Crippen molar-refractivity contribution in [3.05, 3.63) is 64.7 Å². The molecule has 0 unspecified atom stereocenters. The van der Waals surface area contributed by atoms with E-state index in [1.165, 1.54) is 48.2 Å². The first-order valence-electron chi connectivity index (χ1n) is 18.3. The minimum atomic E-state index is -0.245. The average molecular weight is 645 g/mol. The molecule has 9 heteroatoms. The maximum Gasteiger partial charge on any atom is 0.411 e. The number of para-hydroxylation sites is 1. The zero-order chi connectivity index (χ0) is 32.8. The second-order valence-electron chi connectivity index (χ2n) is 14.0. The number of piperidine rings is 2. The molecule has 4 aliphatic rings. The van der Waals surface area contributed by atoms with E-state index in [9.17, 15) is 9.59 Å². The Morgan fingerprint density at radius 1 is 0.851 bits per heavy atom. The molecule has 0 aliphatic carbocycles. The average Bonchev–Trinajstić information content (AvgIpc) is 3.28. The van der Waals surface area contributed by atoms with Crippen molar-refractivity contribution in [1.29, 1.82) is 0 Å². The number of fused-ring (bicyclic) bond motifs is 1. The van der Waals surface area contributed by atoms with Crippen molar-refractivity contribution in [2.24, 2.45) is 0 Å². The summed E-state index contributed by atoms with van der Waals surface area (Å²) in [5.74, 6) is 0. The van der Waals surface area contributed by atoms with E-state index in [4.69, 9.17) is 4.74 Å². The first-order valence-corrected chi connectivity index (χ1v) is 18.3. The molecule has 47 heavy (non-hydrogen) atoms. The van der Waals surface area contributed by atoms with E-state index in [-0.39, 0.29) is 24.4 Å². The molecule has 1 N–H and O–H groups in total. The lowest BCUT2D eigenvalue weighted by atomic mass is 9.97. The largest absolute Gasteiger partial charge is 0.430 e. The van der Waals surface area contributed by atoms with Crippen LogP contribution in [-0.2, 0) is 30.4 Å². The molecule has 6 rings (SSSR count). The Hall–Kier alpha value is -3.14. The van der Waals surface area contributed by atoms with Crippen molar-refractivity contribution < 1.29 is 14.3 Å². The molecule has 0 saturated carbocycles. The predicted octanol–water partition coefficient (Wildman–Crippen LogP) is 5.47. The van der Waals surface area contributed by atoms with Gasteiger partial charge < -0.3 is 24.8 Å². The van der Waals surface area contributed by atoms with Gasteiger partial charge in [-0.1, -0.05) is 50.2 Å². The Balaban J connectivity index is 1.06. The predicted molar refractivity (Wildman–Crippen MR) is 188 cm³/mol. The third kappa shape index (κ3) is 8.30. The maximum absolute atomic E-state index is 13.7. The summed E-state index contributed by atoms with van der Waals surface area (Å²) in [6.45, 7) is 12.6. The highest BCUT2D eigenvalue weighted by molar-refractivity contribution is 5.91. The van der Waals surface area contributed by atoms with Gasteiger partial charge in [0.05, 0.1) is 0 Å². The molecule has 3 fully saturated rings. The van der Waals surface area contributed by atoms with Gasteiger partial charge in [-0.05, 0) is 99.8 Å². The number of ether oxygens (including phenoxy) is 1. The lowest BCUT2D eigenvalue weighted by Crippen LogP contribution is -2.56. The normalized spacial score (nSPS) is 21.6. The lowest BCUT2D eigenvalue weighted by Gasteiger charge is -2.44. The number of benzene rings is 2. The van der Waals surface area contributed by atoms with E-state index < -0.39 is 0 Å². The number of nitrogens with one attached hydrogen (secondary N) is 1. The Kier molecular flexibility index (Phi) is 11.4. The van der Waals surface area contributed by atoms with Gasteiger partial charge in [-0.15, -0.1) is 0 Å². The van der Waals surface area contributed by atoms with E-state index in [1.54, 1.807) is 0 Å². The summed E-state index contributed by atoms with van der Waals surface area (Å²) in [5, 5.41) is 3.10. The number of carbonyl (C=O) groups is 2. The third-order valence-corrected chi connectivity index (χ3v) is 11.2. The van der Waals surface area contributed by atoms with Gasteiger partial charge in [-0.2, -0.15) is 0 Å². The fourth-order valence-electron chi connectivity index (χ4n) is 8.15. The molecule has 4 heterocycles. The number of aryl methyl sites for hydroxylation is 3. The molecule has 0 radical (unpaired) electrons. The molecule has 1 atom stereocenters. The first kappa shape index (κ1) is 33.7. The Bertz CT molecular complexity index is 1340. The van der Waals surface area contributed by atoms with Gasteiger partial charge >= 0.3 is 12.1 Å². The van der Waals surface area contributed by atoms with Gasteiger partial charge in [-0.3, -0.25) is 9.80 Å². The SMILES string of the molecule is CCc1ccc(CC[C@@H](OC(=O)N2CCC(N3CCc4ccccc4NC3=O)CC2)N2CCN(C3CCN(C)CC3)CC2)cc1CC. The molecule has 2 aromatic rings. The summed E-state index contributed by atoms with van der Waals surface area (Å²) in [7, 11) is 2.22. The highest BCUT2D eigenvalue weighted by atomic mass is 16.6. The number of likely N-dealkylation sites (tertiary alicyclic amines) is 2. The zero-order valence-corrected chi connectivity index (χ0v) is 29.0. The molecule has 0 bridgehead atoms. The van der Waals surface area contributed by atoms with Crippen molar-refractivity contribution >= 4 is 17.8 Å². The second-order valence-corrected chi connectivity index (χ2v) is 14.0. The van der Waals surface area contributed by atoms with Crippen molar-refractivity contribution in [2.45, 2.75) is 89.9 Å². The van der Waals surface area contributed by atoms with Crippen LogP contribution in [0.3, 0.4) is 0 Å². The Labute approximate surface area is 282 Å². The van der Waals surface area contributed by atoms with Gasteiger partial charge in [0, 0.05) is 70.0 Å². The van der Waals surface area contributed by atoms with Gasteiger partial charge in [-0.25, -0.2) is 9.59 Å². The monoisotopic (exact) mass is 644 g/mol. The van der Waals surface area contributed by atoms with Crippen LogP contribution in [0.15, 0.2) is 42.5 Å². The van der Waals surface area contributed by atoms with Crippen LogP contribution in [0.2, 0.25) is 0 Å². The summed E-state index contributed by atoms with van der Waals surface area (Å²) in [6.07, 6.45) is 8.16. The smallest absolute Gasteiger partial charge is 0.411 e. The van der Waals surface area contributed by atoms with Crippen molar-refractivity contribution in [1.82, 2.24) is 24.5 Å². The number of nitrogens with zero attached hydrogens (tertiary/aromatic N) is 5. The van der Waals surface area contributed by atoms with Gasteiger partial charge in [0.1, 0.15) is 0 Å². The van der Waals surface area contributed by atoms with Crippen LogP contribution in [0.5, 0.6) is 0 Å². The standard InChI is InChI=1S/C38H56N6O3/c1-4-30-12-10-29(28-31(30)5-2)11-13-36(42-26-24-41(25-27-42)33-15-19-40(3)20-16-33)47-38(46)43-21-17-34(18-22-43)44-23-14-32-8-6-7-9-35(32)39-37(44)45/h6-10,12,28,33-34,36H,4-5,11,13-27H2,1-3H3,(H,39,45)/t36-/m1/s1. The number of piperazine rings is 1. The number of amides is 3. The molecule has 9 nitrogen and oxygen atoms in total. The topological polar surface area (TPSA) is 71.6 Å². The summed E-state index contributed by atoms with van der Waals surface area (Å²) in [5.41, 5.74) is 6.26. The highest BCUT2D eigenvalue weighted by Gasteiger charge is 2.35. The van der Waals surface area contributed by atoms with Crippen LogP contribution in [-0.4, -0.2) is 121 Å². The van der Waals surface area contributed by atoms with E-state index in [1.807, 2.05) is 28.0 Å². The summed E-state index contributed by atoms with van der Waals surface area (Å²) in [6, 6.07) is 15.7. The molecule has 3 saturated heterocycles. The fraction of sp³-hybridized carbons (Fsp3) is 0.632. The Morgan fingerprint density at radius 2 is 1.55 bits per heavy atom. The van der Waals surface area contributed by atoms with E-state index in [0.29, 0.717) is 25.7 Å². The molecule has 0 aromatic heterocycles. The lowest BCUT2D eigenvalue weighted by molar-refractivity contribution is -0.0605. The quantitative estimate of drug-likeness (QED) is 0.391. The number of carbonyl (C=O) groups excluding carboxylic acids is 2. The number of urea groups is 1. The number of anilines is 1. The van der Waals surface area contributed by atoms with Crippen LogP contribution in [0, 0.1) is 0 Å². The van der Waals surface area contributed by atoms with Crippen LogP contribution in [0.1, 0.15) is 68.2 Å². The van der Waals surface area contributed by atoms with Crippen LogP contribution in [0.4, 0.5) is 15.3 Å². The number of hydrogen-bond acceptors (Lipinski definition) is 6. The molecular formula is C38H56N6O3. The van der Waals surface area contributed by atoms with E-state index in [2.05, 4.69) is 65.2 Å². The van der Waals surface area contributed by atoms with Crippen LogP contribution in [0.25, 0.3) is 0 Å². The number of rotatable bonds is 9. The summed E-state index contributed by atoms with van der Waals surface area (Å²) in [4.78, 5) is 38.2. The van der Waals surface area contributed by atoms with Gasteiger partial charge in [0.25, 0.3) is 0 Å². The fourth-order valence-corrected chi connectivity index (χ4v) is 8.15. The minimum absolute atomic E-state index is 0.0337. The van der Waals surface area contributed by atoms with Crippen molar-refractivity contribution in [3.63, 3.8) is 0 Å². The summed E-state index contributed by atoms with van der Waals surface area (Å²) >= 11 is 0. The minimum Gasteiger partial charge on any atom is -0.430 e. The van der Waals surface area contributed by atoms with Gasteiger partial charge in [0.15, 0.2) is 6.23 Å². The molecule has 3 amide bonds. The number of hydrogen-bond donors (Lipinski definition) is 1. The molecule has 256 valence electrons. The van der Waals surface area contributed by atoms with Crippen molar-refractivity contribution in [2.75, 3.05) is 71.3 Å². The summed E-state index contributed by atoms with van der Waals surface area (Å²) < 4.78 is 6.41. The van der Waals surface area contributed by atoms with Crippen LogP contribution < -0.4 is 5.32 Å². The van der Waals surface area contributed by atoms with E-state index >= 15 is 0 Å². The van der Waals surface area contributed by atoms with Crippen LogP contribution >= 0.6 is 0 Å². The highest BCUT2D eigenvalue weighted by Crippen LogP contribution is 2.26. The third-order valence-electron chi connectivity index (χ3n) is 11.2. The first-order chi connectivity index (χ1) is 22.9. The molecule has 0 spiro atoms. The van der Waals surface area contributed by atoms with Crippen molar-refractivity contribution in [3.8, 4) is 0 Å². The second kappa shape index (κ2) is 15.8. The van der Waals surface area contributed by atoms with Gasteiger partial charge in [0.2, 0.25) is 0 Å². The molecule has 2 aromatic carbocycles. The zero-order valence-electron chi connectivity index (χ0n) is 29.0. The molecular weight excluding hydrogens is 588 g/mol.